The molecule has 10 heteroatoms. The van der Waals surface area contributed by atoms with E-state index in [9.17, 15) is 5.26 Å². The number of anilines is 2. The van der Waals surface area contributed by atoms with E-state index in [0.29, 0.717) is 33.5 Å². The fraction of sp³-hybridized carbons (Fsp3) is 0.394. The third-order valence-corrected chi connectivity index (χ3v) is 9.17. The van der Waals surface area contributed by atoms with Gasteiger partial charge in [0, 0.05) is 63.7 Å². The molecule has 1 unspecified atom stereocenters. The number of hydrogen-bond donors (Lipinski definition) is 1. The Bertz CT molecular complexity index is 1790. The van der Waals surface area contributed by atoms with Crippen molar-refractivity contribution in [1.29, 1.82) is 5.26 Å². The molecule has 2 N–H and O–H groups in total. The van der Waals surface area contributed by atoms with Crippen LogP contribution in [0, 0.1) is 34.8 Å². The molecule has 2 aromatic heterocycles. The molecule has 224 valence electrons. The Labute approximate surface area is 254 Å². The van der Waals surface area contributed by atoms with Crippen LogP contribution in [0.1, 0.15) is 64.2 Å². The van der Waals surface area contributed by atoms with E-state index in [1.165, 1.54) is 23.8 Å². The van der Waals surface area contributed by atoms with Crippen molar-refractivity contribution in [2.24, 2.45) is 16.8 Å². The van der Waals surface area contributed by atoms with Crippen LogP contribution in [0.3, 0.4) is 0 Å². The molecule has 1 fully saturated rings. The molecule has 1 saturated heterocycles. The van der Waals surface area contributed by atoms with Gasteiger partial charge in [-0.2, -0.15) is 5.26 Å². The topological polar surface area (TPSA) is 100 Å². The van der Waals surface area contributed by atoms with E-state index in [4.69, 9.17) is 10.5 Å². The molecular weight excluding hydrogens is 566 g/mol. The van der Waals surface area contributed by atoms with Gasteiger partial charge in [0.05, 0.1) is 18.8 Å². The number of fused-ring (bicyclic) bond motifs is 4. The molecule has 2 aliphatic rings. The SMILES string of the molecule is C/C=C\N=C(C)C1CCN(c2ncc3c4c(c(-c5c(F)ccc6sc(N)c(C#N)c56)c(F)c3n2)COC4)C1.CCC(C)C. The van der Waals surface area contributed by atoms with Crippen LogP contribution < -0.4 is 10.6 Å². The van der Waals surface area contributed by atoms with Gasteiger partial charge in [0.25, 0.3) is 0 Å². The van der Waals surface area contributed by atoms with Gasteiger partial charge < -0.3 is 15.4 Å². The summed E-state index contributed by atoms with van der Waals surface area (Å²) in [4.78, 5) is 15.7. The predicted octanol–water partition coefficient (Wildman–Crippen LogP) is 8.15. The van der Waals surface area contributed by atoms with Gasteiger partial charge in [0.15, 0.2) is 5.82 Å². The summed E-state index contributed by atoms with van der Waals surface area (Å²) in [7, 11) is 0. The Morgan fingerprint density at radius 2 is 2.02 bits per heavy atom. The Morgan fingerprint density at radius 3 is 2.72 bits per heavy atom. The lowest BCUT2D eigenvalue weighted by Gasteiger charge is -2.19. The quantitative estimate of drug-likeness (QED) is 0.231. The van der Waals surface area contributed by atoms with Crippen molar-refractivity contribution in [1.82, 2.24) is 9.97 Å². The van der Waals surface area contributed by atoms with Gasteiger partial charge in [-0.3, -0.25) is 4.99 Å². The zero-order valence-electron chi connectivity index (χ0n) is 25.2. The smallest absolute Gasteiger partial charge is 0.225 e. The lowest BCUT2D eigenvalue weighted by Crippen LogP contribution is -2.24. The first-order valence-electron chi connectivity index (χ1n) is 14.6. The first-order valence-corrected chi connectivity index (χ1v) is 15.4. The van der Waals surface area contributed by atoms with Crippen LogP contribution in [-0.4, -0.2) is 28.8 Å². The number of nitrogens with two attached hydrogens (primary N) is 1. The monoisotopic (exact) mass is 602 g/mol. The van der Waals surface area contributed by atoms with E-state index in [0.717, 1.165) is 30.2 Å². The molecule has 0 saturated carbocycles. The second-order valence-electron chi connectivity index (χ2n) is 11.3. The number of nitrogen functional groups attached to an aromatic ring is 1. The molecule has 0 amide bonds. The summed E-state index contributed by atoms with van der Waals surface area (Å²) < 4.78 is 38.3. The standard InChI is InChI=1S/C28H24F2N6OS.C5H12/c1-3-7-33-14(2)15-6-8-36(11-15)28-34-10-17-18-12-37-13-19(18)23(25(30)26(17)35-28)24-20(29)4-5-21-22(24)16(9-31)27(32)38-21;1-4-5(2)3/h3-5,7,10,15H,6,8,11-13,32H2,1-2H3;5H,4H2,1-3H3/b7-3-,33-14?;. The second-order valence-corrected chi connectivity index (χ2v) is 12.4. The molecule has 4 aromatic rings. The molecule has 4 heterocycles. The number of benzene rings is 2. The number of thiophene rings is 1. The maximum Gasteiger partial charge on any atom is 0.225 e. The highest BCUT2D eigenvalue weighted by atomic mass is 32.1. The Kier molecular flexibility index (Phi) is 9.04. The van der Waals surface area contributed by atoms with Crippen molar-refractivity contribution in [2.45, 2.75) is 60.7 Å². The first-order chi connectivity index (χ1) is 20.7. The number of rotatable bonds is 5. The van der Waals surface area contributed by atoms with Crippen LogP contribution in [0.25, 0.3) is 32.1 Å². The fourth-order valence-electron chi connectivity index (χ4n) is 5.44. The number of aromatic nitrogens is 2. The molecule has 0 aliphatic carbocycles. The third-order valence-electron chi connectivity index (χ3n) is 8.19. The second kappa shape index (κ2) is 12.7. The van der Waals surface area contributed by atoms with Crippen molar-refractivity contribution in [3.8, 4) is 17.2 Å². The minimum Gasteiger partial charge on any atom is -0.389 e. The number of aliphatic imine (C=N–C) groups is 1. The van der Waals surface area contributed by atoms with Crippen molar-refractivity contribution < 1.29 is 13.5 Å². The maximum atomic E-state index is 16.5. The van der Waals surface area contributed by atoms with E-state index in [2.05, 4.69) is 41.8 Å². The van der Waals surface area contributed by atoms with Gasteiger partial charge >= 0.3 is 0 Å². The molecule has 0 bridgehead atoms. The normalized spacial score (nSPS) is 16.8. The van der Waals surface area contributed by atoms with Crippen LogP contribution in [-0.2, 0) is 18.0 Å². The molecule has 6 rings (SSSR count). The van der Waals surface area contributed by atoms with Gasteiger partial charge in [-0.05, 0) is 49.4 Å². The van der Waals surface area contributed by atoms with Gasteiger partial charge in [0.2, 0.25) is 5.95 Å². The van der Waals surface area contributed by atoms with Crippen LogP contribution in [0.4, 0.5) is 19.7 Å². The van der Waals surface area contributed by atoms with E-state index in [-0.39, 0.29) is 46.3 Å². The van der Waals surface area contributed by atoms with Crippen molar-refractivity contribution in [2.75, 3.05) is 23.7 Å². The number of nitriles is 1. The average molecular weight is 603 g/mol. The van der Waals surface area contributed by atoms with Crippen LogP contribution >= 0.6 is 11.3 Å². The van der Waals surface area contributed by atoms with Crippen LogP contribution in [0.2, 0.25) is 0 Å². The Morgan fingerprint density at radius 1 is 1.28 bits per heavy atom. The van der Waals surface area contributed by atoms with Gasteiger partial charge in [-0.15, -0.1) is 11.3 Å². The highest BCUT2D eigenvalue weighted by molar-refractivity contribution is 7.23. The average Bonchev–Trinajstić information content (AvgIpc) is 3.76. The van der Waals surface area contributed by atoms with Gasteiger partial charge in [-0.25, -0.2) is 18.7 Å². The molecule has 43 heavy (non-hydrogen) atoms. The Balaban J connectivity index is 0.000000682. The number of nitrogens with zero attached hydrogens (tertiary/aromatic N) is 5. The molecule has 7 nitrogen and oxygen atoms in total. The van der Waals surface area contributed by atoms with Gasteiger partial charge in [0.1, 0.15) is 22.4 Å². The summed E-state index contributed by atoms with van der Waals surface area (Å²) in [5.41, 5.74) is 8.72. The maximum absolute atomic E-state index is 16.5. The number of allylic oxidation sites excluding steroid dienone is 1. The molecular formula is C33H36F2N6OS. The third kappa shape index (κ3) is 5.71. The van der Waals surface area contributed by atoms with Crippen molar-refractivity contribution in [3.63, 3.8) is 0 Å². The molecule has 1 atom stereocenters. The van der Waals surface area contributed by atoms with E-state index < -0.39 is 11.6 Å². The lowest BCUT2D eigenvalue weighted by atomic mass is 9.90. The molecule has 2 aliphatic heterocycles. The zero-order chi connectivity index (χ0) is 30.8. The Hall–Kier alpha value is -3.94. The summed E-state index contributed by atoms with van der Waals surface area (Å²) in [6.07, 6.45) is 7.50. The van der Waals surface area contributed by atoms with Crippen LogP contribution in [0.5, 0.6) is 0 Å². The van der Waals surface area contributed by atoms with Crippen molar-refractivity contribution in [3.05, 3.63) is 58.9 Å². The summed E-state index contributed by atoms with van der Waals surface area (Å²) in [5, 5.41) is 10.9. The van der Waals surface area contributed by atoms with E-state index >= 15 is 8.78 Å². The fourth-order valence-corrected chi connectivity index (χ4v) is 6.37. The van der Waals surface area contributed by atoms with Crippen LogP contribution in [0.15, 0.2) is 35.6 Å². The molecule has 0 spiro atoms. The van der Waals surface area contributed by atoms with E-state index in [1.807, 2.05) is 24.8 Å². The number of hydrogen-bond acceptors (Lipinski definition) is 8. The number of ether oxygens (including phenoxy) is 1. The zero-order valence-corrected chi connectivity index (χ0v) is 26.0. The summed E-state index contributed by atoms with van der Waals surface area (Å²) >= 11 is 1.18. The largest absolute Gasteiger partial charge is 0.389 e. The minimum atomic E-state index is -0.658. The van der Waals surface area contributed by atoms with E-state index in [1.54, 1.807) is 18.5 Å². The minimum absolute atomic E-state index is 0.0189. The lowest BCUT2D eigenvalue weighted by molar-refractivity contribution is 0.135. The van der Waals surface area contributed by atoms with Crippen molar-refractivity contribution >= 4 is 49.0 Å². The summed E-state index contributed by atoms with van der Waals surface area (Å²) in [6.45, 7) is 12.3. The summed E-state index contributed by atoms with van der Waals surface area (Å²) in [5.74, 6) is 0.259. The molecule has 0 radical (unpaired) electrons. The van der Waals surface area contributed by atoms with Gasteiger partial charge in [-0.1, -0.05) is 33.3 Å². The first kappa shape index (κ1) is 30.5. The number of halogens is 2. The predicted molar refractivity (Wildman–Crippen MR) is 171 cm³/mol. The summed E-state index contributed by atoms with van der Waals surface area (Å²) in [6, 6.07) is 4.92. The molecule has 2 aromatic carbocycles. The highest BCUT2D eigenvalue weighted by Crippen LogP contribution is 2.46. The highest BCUT2D eigenvalue weighted by Gasteiger charge is 2.31.